The van der Waals surface area contributed by atoms with E-state index in [0.717, 1.165) is 0 Å². The van der Waals surface area contributed by atoms with Gasteiger partial charge in [-0.25, -0.2) is 4.39 Å². The minimum Gasteiger partial charge on any atom is -0.484 e. The van der Waals surface area contributed by atoms with E-state index in [0.29, 0.717) is 10.8 Å². The van der Waals surface area contributed by atoms with Gasteiger partial charge in [0.2, 0.25) is 0 Å². The molecular formula is C16H14ClFN4O4. The SMILES string of the molecule is O=C(CNC(=O)c1cc(Cl)ccn1)NNC(=O)COc1ccc(F)cc1. The molecule has 0 bridgehead atoms. The van der Waals surface area contributed by atoms with Gasteiger partial charge in [-0.1, -0.05) is 11.6 Å². The maximum Gasteiger partial charge on any atom is 0.276 e. The molecule has 0 radical (unpaired) electrons. The smallest absolute Gasteiger partial charge is 0.276 e. The van der Waals surface area contributed by atoms with E-state index in [1.54, 1.807) is 0 Å². The first-order valence-electron chi connectivity index (χ1n) is 7.30. The first-order valence-corrected chi connectivity index (χ1v) is 7.67. The lowest BCUT2D eigenvalue weighted by atomic mass is 10.3. The molecule has 3 N–H and O–H groups in total. The van der Waals surface area contributed by atoms with Crippen molar-refractivity contribution in [2.75, 3.05) is 13.2 Å². The summed E-state index contributed by atoms with van der Waals surface area (Å²) in [5.74, 6) is -2.01. The molecule has 0 spiro atoms. The molecule has 136 valence electrons. The number of hydrogen-bond donors (Lipinski definition) is 3. The Morgan fingerprint density at radius 3 is 2.46 bits per heavy atom. The van der Waals surface area contributed by atoms with E-state index >= 15 is 0 Å². The summed E-state index contributed by atoms with van der Waals surface area (Å²) < 4.78 is 17.8. The lowest BCUT2D eigenvalue weighted by molar-refractivity contribution is -0.129. The van der Waals surface area contributed by atoms with Crippen molar-refractivity contribution >= 4 is 29.3 Å². The Bertz CT molecular complexity index is 801. The van der Waals surface area contributed by atoms with Crippen molar-refractivity contribution in [2.24, 2.45) is 0 Å². The van der Waals surface area contributed by atoms with E-state index in [4.69, 9.17) is 16.3 Å². The van der Waals surface area contributed by atoms with E-state index in [2.05, 4.69) is 21.2 Å². The van der Waals surface area contributed by atoms with E-state index in [1.165, 1.54) is 42.6 Å². The van der Waals surface area contributed by atoms with Gasteiger partial charge in [0, 0.05) is 11.2 Å². The third-order valence-electron chi connectivity index (χ3n) is 2.89. The monoisotopic (exact) mass is 380 g/mol. The Kier molecular flexibility index (Phi) is 6.86. The largest absolute Gasteiger partial charge is 0.484 e. The molecule has 0 atom stereocenters. The van der Waals surface area contributed by atoms with Gasteiger partial charge in [0.05, 0.1) is 6.54 Å². The summed E-state index contributed by atoms with van der Waals surface area (Å²) in [6.07, 6.45) is 1.36. The summed E-state index contributed by atoms with van der Waals surface area (Å²) in [4.78, 5) is 38.7. The van der Waals surface area contributed by atoms with Crippen molar-refractivity contribution in [1.29, 1.82) is 0 Å². The summed E-state index contributed by atoms with van der Waals surface area (Å²) in [5.41, 5.74) is 4.27. The van der Waals surface area contributed by atoms with Crippen LogP contribution in [0.15, 0.2) is 42.6 Å². The first kappa shape index (κ1) is 19.1. The van der Waals surface area contributed by atoms with E-state index in [1.807, 2.05) is 0 Å². The number of nitrogens with one attached hydrogen (secondary N) is 3. The molecular weight excluding hydrogens is 367 g/mol. The second kappa shape index (κ2) is 9.33. The van der Waals surface area contributed by atoms with Gasteiger partial charge in [-0.05, 0) is 36.4 Å². The van der Waals surface area contributed by atoms with Crippen LogP contribution in [-0.4, -0.2) is 35.9 Å². The van der Waals surface area contributed by atoms with Crippen LogP contribution < -0.4 is 20.9 Å². The number of aromatic nitrogens is 1. The van der Waals surface area contributed by atoms with Gasteiger partial charge in [-0.15, -0.1) is 0 Å². The van der Waals surface area contributed by atoms with Crippen LogP contribution in [0, 0.1) is 5.82 Å². The third kappa shape index (κ3) is 6.36. The lowest BCUT2D eigenvalue weighted by Crippen LogP contribution is -2.47. The predicted octanol–water partition coefficient (Wildman–Crippen LogP) is 0.830. The fraction of sp³-hybridized carbons (Fsp3) is 0.125. The Morgan fingerprint density at radius 2 is 1.77 bits per heavy atom. The molecule has 0 unspecified atom stereocenters. The molecule has 0 aliphatic heterocycles. The molecule has 1 aromatic carbocycles. The van der Waals surface area contributed by atoms with Crippen LogP contribution in [0.2, 0.25) is 5.02 Å². The summed E-state index contributed by atoms with van der Waals surface area (Å²) in [5, 5.41) is 2.66. The second-order valence-corrected chi connectivity index (χ2v) is 5.32. The Labute approximate surface area is 152 Å². The molecule has 0 fully saturated rings. The molecule has 0 saturated carbocycles. The molecule has 0 saturated heterocycles. The van der Waals surface area contributed by atoms with Gasteiger partial charge in [-0.2, -0.15) is 0 Å². The van der Waals surface area contributed by atoms with Gasteiger partial charge in [0.15, 0.2) is 6.61 Å². The number of carbonyl (C=O) groups excluding carboxylic acids is 3. The second-order valence-electron chi connectivity index (χ2n) is 4.88. The number of pyridine rings is 1. The van der Waals surface area contributed by atoms with Crippen molar-refractivity contribution < 1.29 is 23.5 Å². The van der Waals surface area contributed by atoms with Crippen molar-refractivity contribution in [3.8, 4) is 5.75 Å². The fourth-order valence-corrected chi connectivity index (χ4v) is 1.84. The van der Waals surface area contributed by atoms with Gasteiger partial charge >= 0.3 is 0 Å². The Balaban J connectivity index is 1.67. The van der Waals surface area contributed by atoms with E-state index in [-0.39, 0.29) is 18.8 Å². The van der Waals surface area contributed by atoms with Crippen LogP contribution in [0.25, 0.3) is 0 Å². The van der Waals surface area contributed by atoms with Crippen LogP contribution in [0.5, 0.6) is 5.75 Å². The van der Waals surface area contributed by atoms with Gasteiger partial charge in [-0.3, -0.25) is 30.2 Å². The third-order valence-corrected chi connectivity index (χ3v) is 3.12. The lowest BCUT2D eigenvalue weighted by Gasteiger charge is -2.09. The molecule has 0 aliphatic carbocycles. The number of hydrogen-bond acceptors (Lipinski definition) is 5. The Morgan fingerprint density at radius 1 is 1.08 bits per heavy atom. The topological polar surface area (TPSA) is 109 Å². The number of benzene rings is 1. The summed E-state index contributed by atoms with van der Waals surface area (Å²) in [7, 11) is 0. The molecule has 2 aromatic rings. The van der Waals surface area contributed by atoms with E-state index in [9.17, 15) is 18.8 Å². The highest BCUT2D eigenvalue weighted by Gasteiger charge is 2.10. The number of carbonyl (C=O) groups is 3. The van der Waals surface area contributed by atoms with Crippen LogP contribution in [0.1, 0.15) is 10.5 Å². The highest BCUT2D eigenvalue weighted by Crippen LogP contribution is 2.10. The van der Waals surface area contributed by atoms with Gasteiger partial charge in [0.1, 0.15) is 17.3 Å². The zero-order valence-electron chi connectivity index (χ0n) is 13.3. The number of hydrazine groups is 1. The standard InChI is InChI=1S/C16H14ClFN4O4/c17-10-5-6-19-13(7-10)16(25)20-8-14(23)21-22-15(24)9-26-12-3-1-11(18)2-4-12/h1-7H,8-9H2,(H,20,25)(H,21,23)(H,22,24). The maximum absolute atomic E-state index is 12.7. The van der Waals surface area contributed by atoms with Crippen LogP contribution in [-0.2, 0) is 9.59 Å². The number of ether oxygens (including phenoxy) is 1. The van der Waals surface area contributed by atoms with Crippen LogP contribution >= 0.6 is 11.6 Å². The molecule has 2 rings (SSSR count). The van der Waals surface area contributed by atoms with Crippen LogP contribution in [0.3, 0.4) is 0 Å². The van der Waals surface area contributed by atoms with Gasteiger partial charge in [0.25, 0.3) is 17.7 Å². The zero-order valence-corrected chi connectivity index (χ0v) is 14.0. The first-order chi connectivity index (χ1) is 12.4. The van der Waals surface area contributed by atoms with E-state index < -0.39 is 23.5 Å². The molecule has 26 heavy (non-hydrogen) atoms. The van der Waals surface area contributed by atoms with Crippen molar-refractivity contribution in [2.45, 2.75) is 0 Å². The molecule has 8 nitrogen and oxygen atoms in total. The molecule has 3 amide bonds. The fourth-order valence-electron chi connectivity index (χ4n) is 1.68. The quantitative estimate of drug-likeness (QED) is 0.643. The average Bonchev–Trinajstić information content (AvgIpc) is 2.64. The normalized spacial score (nSPS) is 9.92. The summed E-state index contributed by atoms with van der Waals surface area (Å²) in [6, 6.07) is 7.96. The number of nitrogens with zero attached hydrogens (tertiary/aromatic N) is 1. The highest BCUT2D eigenvalue weighted by molar-refractivity contribution is 6.30. The zero-order chi connectivity index (χ0) is 18.9. The van der Waals surface area contributed by atoms with Crippen molar-refractivity contribution in [3.05, 3.63) is 59.1 Å². The van der Waals surface area contributed by atoms with Gasteiger partial charge < -0.3 is 10.1 Å². The molecule has 10 heteroatoms. The minimum atomic E-state index is -0.657. The Hall–Kier alpha value is -3.20. The summed E-state index contributed by atoms with van der Waals surface area (Å²) in [6.45, 7) is -0.767. The van der Waals surface area contributed by atoms with Crippen molar-refractivity contribution in [3.63, 3.8) is 0 Å². The van der Waals surface area contributed by atoms with Crippen molar-refractivity contribution in [1.82, 2.24) is 21.2 Å². The maximum atomic E-state index is 12.7. The molecule has 1 heterocycles. The molecule has 1 aromatic heterocycles. The number of amides is 3. The number of halogens is 2. The highest BCUT2D eigenvalue weighted by atomic mass is 35.5. The summed E-state index contributed by atoms with van der Waals surface area (Å²) >= 11 is 5.74. The number of rotatable bonds is 6. The minimum absolute atomic E-state index is 0.0574. The predicted molar refractivity (Wildman–Crippen MR) is 89.8 cm³/mol. The molecule has 0 aliphatic rings. The van der Waals surface area contributed by atoms with Crippen LogP contribution in [0.4, 0.5) is 4.39 Å². The average molecular weight is 381 g/mol.